The number of carbonyl (C=O) groups is 3. The Bertz CT molecular complexity index is 653. The molecule has 1 heterocycles. The molecule has 2 fully saturated rings. The third-order valence-electron chi connectivity index (χ3n) is 5.00. The molecule has 0 radical (unpaired) electrons. The molecule has 128 valence electrons. The zero-order valence-electron chi connectivity index (χ0n) is 13.7. The summed E-state index contributed by atoms with van der Waals surface area (Å²) in [4.78, 5) is 38.1. The molecule has 6 heteroatoms. The number of nitrogens with zero attached hydrogens (tertiary/aromatic N) is 1. The van der Waals surface area contributed by atoms with Crippen molar-refractivity contribution in [3.63, 3.8) is 0 Å². The number of rotatable bonds is 4. The summed E-state index contributed by atoms with van der Waals surface area (Å²) in [6, 6.07) is 6.93. The first-order valence-corrected chi connectivity index (χ1v) is 8.55. The third kappa shape index (κ3) is 3.42. The molecular formula is C18H23N3O3. The van der Waals surface area contributed by atoms with E-state index in [-0.39, 0.29) is 35.8 Å². The molecule has 0 spiro atoms. The Morgan fingerprint density at radius 2 is 1.83 bits per heavy atom. The maximum Gasteiger partial charge on any atom is 0.250 e. The van der Waals surface area contributed by atoms with Crippen molar-refractivity contribution >= 4 is 23.4 Å². The molecule has 2 aliphatic rings. The van der Waals surface area contributed by atoms with Crippen LogP contribution >= 0.6 is 0 Å². The van der Waals surface area contributed by atoms with Gasteiger partial charge in [0, 0.05) is 19.0 Å². The fraction of sp³-hybridized carbons (Fsp3) is 0.500. The second-order valence-corrected chi connectivity index (χ2v) is 6.64. The predicted molar refractivity (Wildman–Crippen MR) is 90.3 cm³/mol. The van der Waals surface area contributed by atoms with E-state index in [0.717, 1.165) is 25.7 Å². The van der Waals surface area contributed by atoms with E-state index in [2.05, 4.69) is 5.32 Å². The van der Waals surface area contributed by atoms with Crippen molar-refractivity contribution in [3.8, 4) is 0 Å². The molecule has 0 unspecified atom stereocenters. The van der Waals surface area contributed by atoms with Gasteiger partial charge in [-0.2, -0.15) is 0 Å². The molecule has 1 aromatic carbocycles. The molecule has 1 aromatic rings. The number of hydrogen-bond acceptors (Lipinski definition) is 3. The summed E-state index contributed by atoms with van der Waals surface area (Å²) in [5.41, 5.74) is 6.01. The van der Waals surface area contributed by atoms with Gasteiger partial charge in [-0.25, -0.2) is 0 Å². The number of hydrogen-bond donors (Lipinski definition) is 2. The average Bonchev–Trinajstić information content (AvgIpc) is 2.98. The summed E-state index contributed by atoms with van der Waals surface area (Å²) in [6.07, 6.45) is 5.83. The molecule has 1 atom stereocenters. The van der Waals surface area contributed by atoms with Crippen LogP contribution in [0.2, 0.25) is 0 Å². The first-order chi connectivity index (χ1) is 11.6. The van der Waals surface area contributed by atoms with E-state index in [4.69, 9.17) is 5.73 Å². The fourth-order valence-electron chi connectivity index (χ4n) is 3.69. The number of carbonyl (C=O) groups excluding carboxylic acids is 3. The maximum atomic E-state index is 12.5. The zero-order valence-corrected chi connectivity index (χ0v) is 13.7. The maximum absolute atomic E-state index is 12.5. The average molecular weight is 329 g/mol. The van der Waals surface area contributed by atoms with E-state index in [1.54, 1.807) is 24.3 Å². The first kappa shape index (κ1) is 16.5. The van der Waals surface area contributed by atoms with Crippen molar-refractivity contribution in [1.82, 2.24) is 4.90 Å². The van der Waals surface area contributed by atoms with Crippen LogP contribution in [0.1, 0.15) is 48.9 Å². The number of benzene rings is 1. The largest absolute Gasteiger partial charge is 0.366 e. The normalized spacial score (nSPS) is 21.8. The lowest BCUT2D eigenvalue weighted by molar-refractivity contribution is -0.130. The van der Waals surface area contributed by atoms with Gasteiger partial charge in [0.15, 0.2) is 0 Å². The Balaban J connectivity index is 1.66. The molecule has 24 heavy (non-hydrogen) atoms. The van der Waals surface area contributed by atoms with Crippen LogP contribution in [0, 0.1) is 5.92 Å². The highest BCUT2D eigenvalue weighted by atomic mass is 16.2. The molecule has 3 N–H and O–H groups in total. The molecule has 1 aliphatic carbocycles. The molecule has 0 aromatic heterocycles. The number of likely N-dealkylation sites (tertiary alicyclic amines) is 1. The zero-order chi connectivity index (χ0) is 17.1. The van der Waals surface area contributed by atoms with Crippen LogP contribution in [0.15, 0.2) is 24.3 Å². The standard InChI is InChI=1S/C18H23N3O3/c19-17(23)14-8-4-5-9-15(14)20-18(24)12-10-16(22)21(11-12)13-6-2-1-3-7-13/h4-5,8-9,12-13H,1-3,6-7,10-11H2,(H2,19,23)(H,20,24)/t12-/m0/s1. The number of nitrogens with two attached hydrogens (primary N) is 1. The minimum atomic E-state index is -0.586. The number of primary amides is 1. The van der Waals surface area contributed by atoms with Crippen molar-refractivity contribution in [3.05, 3.63) is 29.8 Å². The van der Waals surface area contributed by atoms with E-state index in [1.165, 1.54) is 6.42 Å². The molecular weight excluding hydrogens is 306 g/mol. The van der Waals surface area contributed by atoms with E-state index in [9.17, 15) is 14.4 Å². The van der Waals surface area contributed by atoms with Gasteiger partial charge in [-0.15, -0.1) is 0 Å². The van der Waals surface area contributed by atoms with Crippen molar-refractivity contribution in [2.45, 2.75) is 44.6 Å². The van der Waals surface area contributed by atoms with Crippen LogP contribution in [-0.2, 0) is 9.59 Å². The summed E-state index contributed by atoms with van der Waals surface area (Å²) >= 11 is 0. The van der Waals surface area contributed by atoms with Gasteiger partial charge in [0.05, 0.1) is 17.2 Å². The Hall–Kier alpha value is -2.37. The van der Waals surface area contributed by atoms with Gasteiger partial charge < -0.3 is 16.0 Å². The van der Waals surface area contributed by atoms with E-state index < -0.39 is 5.91 Å². The van der Waals surface area contributed by atoms with Crippen molar-refractivity contribution in [2.24, 2.45) is 11.7 Å². The lowest BCUT2D eigenvalue weighted by atomic mass is 9.94. The second kappa shape index (κ2) is 7.03. The molecule has 6 nitrogen and oxygen atoms in total. The molecule has 0 bridgehead atoms. The summed E-state index contributed by atoms with van der Waals surface area (Å²) < 4.78 is 0. The monoisotopic (exact) mass is 329 g/mol. The van der Waals surface area contributed by atoms with Gasteiger partial charge in [-0.05, 0) is 25.0 Å². The Kier molecular flexibility index (Phi) is 4.83. The van der Waals surface area contributed by atoms with Crippen LogP contribution in [0.25, 0.3) is 0 Å². The molecule has 3 rings (SSSR count). The van der Waals surface area contributed by atoms with Gasteiger partial charge in [-0.3, -0.25) is 14.4 Å². The predicted octanol–water partition coefficient (Wildman–Crippen LogP) is 1.91. The van der Waals surface area contributed by atoms with Crippen LogP contribution in [-0.4, -0.2) is 35.2 Å². The molecule has 1 saturated carbocycles. The van der Waals surface area contributed by atoms with Gasteiger partial charge in [0.25, 0.3) is 5.91 Å². The minimum Gasteiger partial charge on any atom is -0.366 e. The molecule has 1 saturated heterocycles. The highest BCUT2D eigenvalue weighted by Crippen LogP contribution is 2.29. The number of para-hydroxylation sites is 1. The van der Waals surface area contributed by atoms with Gasteiger partial charge >= 0.3 is 0 Å². The van der Waals surface area contributed by atoms with E-state index in [1.807, 2.05) is 4.90 Å². The lowest BCUT2D eigenvalue weighted by Crippen LogP contribution is -2.38. The summed E-state index contributed by atoms with van der Waals surface area (Å²) in [5, 5.41) is 2.76. The van der Waals surface area contributed by atoms with Crippen LogP contribution in [0.3, 0.4) is 0 Å². The number of nitrogens with one attached hydrogen (secondary N) is 1. The Morgan fingerprint density at radius 3 is 2.54 bits per heavy atom. The molecule has 1 aliphatic heterocycles. The quantitative estimate of drug-likeness (QED) is 0.883. The minimum absolute atomic E-state index is 0.0604. The fourth-order valence-corrected chi connectivity index (χ4v) is 3.69. The van der Waals surface area contributed by atoms with E-state index >= 15 is 0 Å². The Morgan fingerprint density at radius 1 is 1.12 bits per heavy atom. The van der Waals surface area contributed by atoms with Crippen LogP contribution in [0.4, 0.5) is 5.69 Å². The summed E-state index contributed by atoms with van der Waals surface area (Å²) in [5.74, 6) is -1.13. The van der Waals surface area contributed by atoms with Crippen LogP contribution in [0.5, 0.6) is 0 Å². The molecule has 3 amide bonds. The summed E-state index contributed by atoms with van der Waals surface area (Å²) in [7, 11) is 0. The first-order valence-electron chi connectivity index (χ1n) is 8.55. The van der Waals surface area contributed by atoms with Crippen molar-refractivity contribution in [2.75, 3.05) is 11.9 Å². The SMILES string of the molecule is NC(=O)c1ccccc1NC(=O)[C@H]1CC(=O)N(C2CCCCC2)C1. The highest BCUT2D eigenvalue weighted by molar-refractivity contribution is 6.04. The number of amides is 3. The van der Waals surface area contributed by atoms with Gasteiger partial charge in [0.1, 0.15) is 0 Å². The summed E-state index contributed by atoms with van der Waals surface area (Å²) in [6.45, 7) is 0.466. The third-order valence-corrected chi connectivity index (χ3v) is 5.00. The van der Waals surface area contributed by atoms with Gasteiger partial charge in [-0.1, -0.05) is 31.4 Å². The van der Waals surface area contributed by atoms with E-state index in [0.29, 0.717) is 12.2 Å². The van der Waals surface area contributed by atoms with Gasteiger partial charge in [0.2, 0.25) is 11.8 Å². The second-order valence-electron chi connectivity index (χ2n) is 6.64. The van der Waals surface area contributed by atoms with Crippen molar-refractivity contribution < 1.29 is 14.4 Å². The topological polar surface area (TPSA) is 92.5 Å². The Labute approximate surface area is 141 Å². The lowest BCUT2D eigenvalue weighted by Gasteiger charge is -2.31. The number of anilines is 1. The van der Waals surface area contributed by atoms with Crippen molar-refractivity contribution in [1.29, 1.82) is 0 Å². The van der Waals surface area contributed by atoms with Crippen LogP contribution < -0.4 is 11.1 Å². The highest BCUT2D eigenvalue weighted by Gasteiger charge is 2.38. The smallest absolute Gasteiger partial charge is 0.250 e.